The molecule has 4 aromatic rings. The summed E-state index contributed by atoms with van der Waals surface area (Å²) in [6.45, 7) is 3.86. The van der Waals surface area contributed by atoms with Gasteiger partial charge in [0.25, 0.3) is 0 Å². The van der Waals surface area contributed by atoms with Gasteiger partial charge in [0.15, 0.2) is 18.1 Å². The summed E-state index contributed by atoms with van der Waals surface area (Å²) >= 11 is 0. The Morgan fingerprint density at radius 2 is 1.87 bits per heavy atom. The molecule has 0 unspecified atom stereocenters. The van der Waals surface area contributed by atoms with E-state index in [-0.39, 0.29) is 18.9 Å². The fourth-order valence-corrected chi connectivity index (χ4v) is 4.19. The molecule has 3 aromatic carbocycles. The van der Waals surface area contributed by atoms with Crippen LogP contribution in [0.15, 0.2) is 65.5 Å². The molecule has 38 heavy (non-hydrogen) atoms. The minimum Gasteiger partial charge on any atom is -0.493 e. The standard InChI is InChI=1S/C30H28N2O6/c1-5-15-37-23-13-14-25-24(16-23)28(21-11-9-20(10-12-21)19(2)3)31-30(35)32(25)17-22-7-6-8-26(36-4)29(22)38-18-27(33)34/h1,6-14,16,19H,15,17-18H2,2-4H3,(H,33,34). The molecule has 8 nitrogen and oxygen atoms in total. The molecular weight excluding hydrogens is 484 g/mol. The molecule has 1 N–H and O–H groups in total. The van der Waals surface area contributed by atoms with Crippen molar-refractivity contribution in [2.24, 2.45) is 0 Å². The Morgan fingerprint density at radius 1 is 1.11 bits per heavy atom. The van der Waals surface area contributed by atoms with Crippen LogP contribution in [0.3, 0.4) is 0 Å². The molecule has 0 spiro atoms. The monoisotopic (exact) mass is 512 g/mol. The van der Waals surface area contributed by atoms with Crippen LogP contribution >= 0.6 is 0 Å². The summed E-state index contributed by atoms with van der Waals surface area (Å²) in [4.78, 5) is 29.0. The number of methoxy groups -OCH3 is 1. The van der Waals surface area contributed by atoms with E-state index in [4.69, 9.17) is 25.7 Å². The van der Waals surface area contributed by atoms with Crippen molar-refractivity contribution in [1.29, 1.82) is 0 Å². The van der Waals surface area contributed by atoms with E-state index in [2.05, 4.69) is 24.8 Å². The van der Waals surface area contributed by atoms with Crippen LogP contribution in [-0.4, -0.2) is 41.0 Å². The first-order chi connectivity index (χ1) is 18.3. The number of para-hydroxylation sites is 1. The van der Waals surface area contributed by atoms with E-state index in [0.717, 1.165) is 5.56 Å². The van der Waals surface area contributed by atoms with E-state index in [1.807, 2.05) is 30.3 Å². The Kier molecular flexibility index (Phi) is 7.97. The van der Waals surface area contributed by atoms with Crippen LogP contribution in [0.25, 0.3) is 22.2 Å². The van der Waals surface area contributed by atoms with Crippen molar-refractivity contribution in [3.05, 3.63) is 82.3 Å². The van der Waals surface area contributed by atoms with Crippen LogP contribution in [0.1, 0.15) is 30.9 Å². The van der Waals surface area contributed by atoms with Gasteiger partial charge in [0.2, 0.25) is 0 Å². The fourth-order valence-electron chi connectivity index (χ4n) is 4.19. The van der Waals surface area contributed by atoms with Crippen LogP contribution in [-0.2, 0) is 11.3 Å². The number of fused-ring (bicyclic) bond motifs is 1. The molecule has 0 aliphatic carbocycles. The van der Waals surface area contributed by atoms with Gasteiger partial charge in [-0.2, -0.15) is 4.98 Å². The lowest BCUT2D eigenvalue weighted by Crippen LogP contribution is -2.25. The molecule has 0 fully saturated rings. The summed E-state index contributed by atoms with van der Waals surface area (Å²) < 4.78 is 18.1. The molecule has 0 saturated heterocycles. The van der Waals surface area contributed by atoms with Crippen LogP contribution in [0, 0.1) is 12.3 Å². The van der Waals surface area contributed by atoms with E-state index in [9.17, 15) is 9.59 Å². The van der Waals surface area contributed by atoms with Crippen molar-refractivity contribution < 1.29 is 24.1 Å². The number of hydrogen-bond acceptors (Lipinski definition) is 6. The number of carboxylic acid groups (broad SMARTS) is 1. The Hall–Kier alpha value is -4.77. The molecule has 0 atom stereocenters. The van der Waals surface area contributed by atoms with E-state index >= 15 is 0 Å². The number of rotatable bonds is 10. The molecule has 0 amide bonds. The van der Waals surface area contributed by atoms with Gasteiger partial charge in [-0.25, -0.2) is 9.59 Å². The minimum absolute atomic E-state index is 0.0750. The second kappa shape index (κ2) is 11.5. The zero-order chi connectivity index (χ0) is 27.2. The number of hydrogen-bond donors (Lipinski definition) is 1. The number of carbonyl (C=O) groups is 1. The van der Waals surface area contributed by atoms with Gasteiger partial charge in [-0.3, -0.25) is 4.57 Å². The topological polar surface area (TPSA) is 99.9 Å². The van der Waals surface area contributed by atoms with Gasteiger partial charge in [-0.15, -0.1) is 6.42 Å². The molecule has 0 aliphatic heterocycles. The van der Waals surface area contributed by atoms with Crippen LogP contribution < -0.4 is 19.9 Å². The molecule has 194 valence electrons. The second-order valence-corrected chi connectivity index (χ2v) is 8.91. The first kappa shape index (κ1) is 26.3. The normalized spacial score (nSPS) is 10.8. The fraction of sp³-hybridized carbons (Fsp3) is 0.233. The van der Waals surface area contributed by atoms with E-state index in [1.165, 1.54) is 17.2 Å². The number of terminal acetylenes is 1. The molecule has 1 heterocycles. The maximum atomic E-state index is 13.4. The molecule has 0 saturated carbocycles. The van der Waals surface area contributed by atoms with Gasteiger partial charge >= 0.3 is 11.7 Å². The Bertz CT molecular complexity index is 1570. The predicted molar refractivity (Wildman–Crippen MR) is 145 cm³/mol. The highest BCUT2D eigenvalue weighted by Crippen LogP contribution is 2.34. The van der Waals surface area contributed by atoms with Gasteiger partial charge in [-0.1, -0.05) is 56.2 Å². The quantitative estimate of drug-likeness (QED) is 0.307. The number of ether oxygens (including phenoxy) is 3. The van der Waals surface area contributed by atoms with Crippen molar-refractivity contribution in [1.82, 2.24) is 9.55 Å². The first-order valence-electron chi connectivity index (χ1n) is 12.0. The summed E-state index contributed by atoms with van der Waals surface area (Å²) in [5.74, 6) is 2.86. The maximum Gasteiger partial charge on any atom is 0.348 e. The van der Waals surface area contributed by atoms with Crippen LogP contribution in [0.2, 0.25) is 0 Å². The zero-order valence-electron chi connectivity index (χ0n) is 21.4. The lowest BCUT2D eigenvalue weighted by Gasteiger charge is -2.17. The highest BCUT2D eigenvalue weighted by Gasteiger charge is 2.18. The lowest BCUT2D eigenvalue weighted by atomic mass is 9.99. The molecule has 8 heteroatoms. The Morgan fingerprint density at radius 3 is 2.53 bits per heavy atom. The van der Waals surface area contributed by atoms with Gasteiger partial charge in [0.1, 0.15) is 12.4 Å². The van der Waals surface area contributed by atoms with Gasteiger partial charge in [0.05, 0.1) is 24.9 Å². The van der Waals surface area contributed by atoms with Crippen LogP contribution in [0.5, 0.6) is 17.2 Å². The zero-order valence-corrected chi connectivity index (χ0v) is 21.4. The predicted octanol–water partition coefficient (Wildman–Crippen LogP) is 4.72. The number of aromatic nitrogens is 2. The van der Waals surface area contributed by atoms with E-state index < -0.39 is 18.3 Å². The van der Waals surface area contributed by atoms with Crippen molar-refractivity contribution in [2.45, 2.75) is 26.3 Å². The third-order valence-electron chi connectivity index (χ3n) is 6.07. The summed E-state index contributed by atoms with van der Waals surface area (Å²) in [5, 5.41) is 9.82. The Balaban J connectivity index is 1.88. The molecule has 4 rings (SSSR count). The SMILES string of the molecule is C#CCOc1ccc2c(c1)c(-c1ccc(C(C)C)cc1)nc(=O)n2Cc1cccc(OC)c1OCC(=O)O. The van der Waals surface area contributed by atoms with Crippen molar-refractivity contribution >= 4 is 16.9 Å². The average Bonchev–Trinajstić information content (AvgIpc) is 2.92. The minimum atomic E-state index is -1.13. The molecule has 0 radical (unpaired) electrons. The molecule has 0 bridgehead atoms. The highest BCUT2D eigenvalue weighted by atomic mass is 16.5. The van der Waals surface area contributed by atoms with Gasteiger partial charge in [-0.05, 0) is 35.7 Å². The maximum absolute atomic E-state index is 13.4. The summed E-state index contributed by atoms with van der Waals surface area (Å²) in [6, 6.07) is 18.5. The van der Waals surface area contributed by atoms with Crippen molar-refractivity contribution in [2.75, 3.05) is 20.3 Å². The van der Waals surface area contributed by atoms with Crippen molar-refractivity contribution in [3.8, 4) is 40.8 Å². The first-order valence-corrected chi connectivity index (χ1v) is 12.0. The molecule has 0 aliphatic rings. The van der Waals surface area contributed by atoms with Gasteiger partial charge in [0, 0.05) is 16.5 Å². The summed E-state index contributed by atoms with van der Waals surface area (Å²) in [5.41, 5.74) is 3.21. The third-order valence-corrected chi connectivity index (χ3v) is 6.07. The highest BCUT2D eigenvalue weighted by molar-refractivity contribution is 5.93. The lowest BCUT2D eigenvalue weighted by molar-refractivity contribution is -0.139. The van der Waals surface area contributed by atoms with Crippen molar-refractivity contribution in [3.63, 3.8) is 0 Å². The van der Waals surface area contributed by atoms with E-state index in [1.54, 1.807) is 30.3 Å². The average molecular weight is 513 g/mol. The summed E-state index contributed by atoms with van der Waals surface area (Å²) in [6.07, 6.45) is 5.37. The van der Waals surface area contributed by atoms with Gasteiger partial charge < -0.3 is 19.3 Å². The van der Waals surface area contributed by atoms with Crippen LogP contribution in [0.4, 0.5) is 0 Å². The molecular formula is C30H28N2O6. The number of aliphatic carboxylic acids is 1. The molecule has 1 aromatic heterocycles. The number of carboxylic acids is 1. The Labute approximate surface area is 220 Å². The largest absolute Gasteiger partial charge is 0.493 e. The third kappa shape index (κ3) is 5.62. The summed E-state index contributed by atoms with van der Waals surface area (Å²) in [7, 11) is 1.47. The van der Waals surface area contributed by atoms with E-state index in [0.29, 0.717) is 39.6 Å². The smallest absolute Gasteiger partial charge is 0.348 e. The number of benzene rings is 3. The second-order valence-electron chi connectivity index (χ2n) is 8.91. The number of nitrogens with zero attached hydrogens (tertiary/aromatic N) is 2.